The van der Waals surface area contributed by atoms with Gasteiger partial charge in [-0.1, -0.05) is 0 Å². The van der Waals surface area contributed by atoms with Crippen LogP contribution in [0.5, 0.6) is 0 Å². The number of nitrogens with two attached hydrogens (primary N) is 2. The lowest BCUT2D eigenvalue weighted by atomic mass is 10.7. The van der Waals surface area contributed by atoms with Crippen molar-refractivity contribution in [3.63, 3.8) is 0 Å². The number of hydrogen-bond donors (Lipinski definition) is 4. The zero-order valence-electron chi connectivity index (χ0n) is 6.07. The second kappa shape index (κ2) is 3.53. The number of nitrogen functional groups attached to an aromatic ring is 1. The molecular weight excluding hydrogens is 164 g/mol. The minimum absolute atomic E-state index is 0.147. The summed E-state index contributed by atoms with van der Waals surface area (Å²) in [4.78, 5) is 18.4. The molecule has 8 nitrogen and oxygen atoms in total. The van der Waals surface area contributed by atoms with E-state index in [0.717, 1.165) is 0 Å². The molecule has 0 atom stereocenters. The second-order valence-corrected chi connectivity index (χ2v) is 1.90. The first kappa shape index (κ1) is 8.27. The van der Waals surface area contributed by atoms with E-state index in [4.69, 9.17) is 11.5 Å². The van der Waals surface area contributed by atoms with Crippen molar-refractivity contribution in [2.75, 3.05) is 17.8 Å². The molecule has 0 saturated carbocycles. The van der Waals surface area contributed by atoms with Gasteiger partial charge >= 0.3 is 0 Å². The normalized spacial score (nSPS) is 9.67. The third kappa shape index (κ3) is 2.42. The Morgan fingerprint density at radius 3 is 3.00 bits per heavy atom. The molecule has 0 saturated heterocycles. The summed E-state index contributed by atoms with van der Waals surface area (Å²) < 4.78 is 0. The maximum atomic E-state index is 10.2. The first-order valence-corrected chi connectivity index (χ1v) is 3.02. The third-order valence-corrected chi connectivity index (χ3v) is 0.881. The molecule has 66 valence electrons. The number of carbonyl (C=O) groups is 1. The van der Waals surface area contributed by atoms with Gasteiger partial charge < -0.3 is 11.5 Å². The maximum absolute atomic E-state index is 10.2. The third-order valence-electron chi connectivity index (χ3n) is 0.881. The Morgan fingerprint density at radius 1 is 1.75 bits per heavy atom. The summed E-state index contributed by atoms with van der Waals surface area (Å²) in [6.07, 6.45) is 0. The van der Waals surface area contributed by atoms with E-state index in [-0.39, 0.29) is 18.5 Å². The van der Waals surface area contributed by atoms with Crippen LogP contribution in [0.2, 0.25) is 0 Å². The molecule has 0 aliphatic carbocycles. The van der Waals surface area contributed by atoms with Crippen LogP contribution in [0.4, 0.5) is 11.9 Å². The first-order valence-electron chi connectivity index (χ1n) is 3.02. The van der Waals surface area contributed by atoms with Gasteiger partial charge in [0.05, 0.1) is 0 Å². The molecule has 0 bridgehead atoms. The lowest BCUT2D eigenvalue weighted by molar-refractivity contribution is -0.121. The number of carbonyl (C=O) groups excluding carboxylic acids is 1. The Hall–Kier alpha value is -1.83. The van der Waals surface area contributed by atoms with E-state index >= 15 is 0 Å². The van der Waals surface area contributed by atoms with Crippen LogP contribution in [0.25, 0.3) is 0 Å². The molecule has 1 rings (SSSR count). The number of H-pyrrole nitrogens is 1. The van der Waals surface area contributed by atoms with Crippen LogP contribution >= 0.6 is 0 Å². The molecular formula is C4H8N6O2. The van der Waals surface area contributed by atoms with Gasteiger partial charge in [0.2, 0.25) is 11.9 Å². The summed E-state index contributed by atoms with van der Waals surface area (Å²) in [5.41, 5.74) is 12.2. The fourth-order valence-electron chi connectivity index (χ4n) is 0.492. The van der Waals surface area contributed by atoms with Gasteiger partial charge in [0.25, 0.3) is 5.95 Å². The van der Waals surface area contributed by atoms with Crippen LogP contribution in [0.1, 0.15) is 0 Å². The summed E-state index contributed by atoms with van der Waals surface area (Å²) in [5.74, 6) is -0.292. The van der Waals surface area contributed by atoms with E-state index in [1.807, 2.05) is 0 Å². The van der Waals surface area contributed by atoms with E-state index in [1.165, 1.54) is 0 Å². The van der Waals surface area contributed by atoms with Crippen molar-refractivity contribution in [3.05, 3.63) is 0 Å². The van der Waals surface area contributed by atoms with Crippen molar-refractivity contribution < 1.29 is 9.63 Å². The zero-order chi connectivity index (χ0) is 8.97. The van der Waals surface area contributed by atoms with Crippen molar-refractivity contribution in [1.29, 1.82) is 0 Å². The van der Waals surface area contributed by atoms with E-state index in [2.05, 4.69) is 25.5 Å². The van der Waals surface area contributed by atoms with E-state index in [0.29, 0.717) is 0 Å². The molecule has 1 aromatic rings. The molecule has 12 heavy (non-hydrogen) atoms. The molecule has 0 unspecified atom stereocenters. The molecule has 0 aromatic carbocycles. The van der Waals surface area contributed by atoms with Gasteiger partial charge in [-0.2, -0.15) is 4.98 Å². The lowest BCUT2D eigenvalue weighted by Crippen LogP contribution is -2.20. The lowest BCUT2D eigenvalue weighted by Gasteiger charge is -1.97. The Balaban J connectivity index is 2.29. The van der Waals surface area contributed by atoms with Gasteiger partial charge in [0.1, 0.15) is 0 Å². The van der Waals surface area contributed by atoms with Gasteiger partial charge in [0.15, 0.2) is 6.61 Å². The van der Waals surface area contributed by atoms with Crippen LogP contribution in [0.3, 0.4) is 0 Å². The molecule has 1 heterocycles. The van der Waals surface area contributed by atoms with Crippen molar-refractivity contribution in [2.24, 2.45) is 5.73 Å². The molecule has 0 radical (unpaired) electrons. The summed E-state index contributed by atoms with van der Waals surface area (Å²) >= 11 is 0. The number of rotatable bonds is 4. The average Bonchev–Trinajstić information content (AvgIpc) is 2.35. The topological polar surface area (TPSA) is 132 Å². The van der Waals surface area contributed by atoms with Crippen LogP contribution in [0, 0.1) is 0 Å². The van der Waals surface area contributed by atoms with Crippen LogP contribution < -0.4 is 16.9 Å². The van der Waals surface area contributed by atoms with Gasteiger partial charge in [0, 0.05) is 0 Å². The monoisotopic (exact) mass is 172 g/mol. The van der Waals surface area contributed by atoms with Crippen molar-refractivity contribution >= 4 is 17.8 Å². The van der Waals surface area contributed by atoms with Crippen molar-refractivity contribution in [2.45, 2.75) is 0 Å². The molecule has 1 aromatic heterocycles. The van der Waals surface area contributed by atoms with Gasteiger partial charge in [-0.05, 0) is 0 Å². The predicted molar refractivity (Wildman–Crippen MR) is 39.6 cm³/mol. The molecule has 1 amide bonds. The Morgan fingerprint density at radius 2 is 2.50 bits per heavy atom. The predicted octanol–water partition coefficient (Wildman–Crippen LogP) is -1.78. The maximum Gasteiger partial charge on any atom is 0.267 e. The Bertz CT molecular complexity index is 270. The number of nitrogens with zero attached hydrogens (tertiary/aromatic N) is 2. The van der Waals surface area contributed by atoms with E-state index < -0.39 is 5.91 Å². The summed E-state index contributed by atoms with van der Waals surface area (Å²) in [6, 6.07) is 0. The fourth-order valence-corrected chi connectivity index (χ4v) is 0.492. The number of amides is 1. The van der Waals surface area contributed by atoms with Crippen molar-refractivity contribution in [3.8, 4) is 0 Å². The number of aromatic amines is 1. The molecule has 8 heteroatoms. The van der Waals surface area contributed by atoms with E-state index in [9.17, 15) is 4.79 Å². The highest BCUT2D eigenvalue weighted by Crippen LogP contribution is 1.97. The second-order valence-electron chi connectivity index (χ2n) is 1.90. The molecule has 0 fully saturated rings. The number of primary amides is 1. The number of aromatic nitrogens is 3. The van der Waals surface area contributed by atoms with Gasteiger partial charge in [-0.3, -0.25) is 9.63 Å². The van der Waals surface area contributed by atoms with Crippen molar-refractivity contribution in [1.82, 2.24) is 15.2 Å². The smallest absolute Gasteiger partial charge is 0.267 e. The highest BCUT2D eigenvalue weighted by atomic mass is 16.6. The number of nitrogens with one attached hydrogen (secondary N) is 2. The molecule has 0 aliphatic rings. The molecule has 0 aliphatic heterocycles. The SMILES string of the molecule is NC(=O)CONc1n[nH]c(N)n1. The molecule has 0 spiro atoms. The van der Waals surface area contributed by atoms with Gasteiger partial charge in [-0.25, -0.2) is 10.6 Å². The Labute approximate surface area is 67.2 Å². The van der Waals surface area contributed by atoms with Crippen LogP contribution in [-0.4, -0.2) is 27.7 Å². The summed E-state index contributed by atoms with van der Waals surface area (Å²) in [6.45, 7) is -0.256. The minimum Gasteiger partial charge on any atom is -0.368 e. The average molecular weight is 172 g/mol. The standard InChI is InChI=1S/C4H8N6O2/c5-2(11)1-12-10-4-7-3(6)8-9-4/h1H2,(H2,5,11)(H4,6,7,8,9,10). The highest BCUT2D eigenvalue weighted by molar-refractivity contribution is 5.75. The summed E-state index contributed by atoms with van der Waals surface area (Å²) in [7, 11) is 0. The zero-order valence-corrected chi connectivity index (χ0v) is 6.07. The largest absolute Gasteiger partial charge is 0.368 e. The fraction of sp³-hybridized carbons (Fsp3) is 0.250. The minimum atomic E-state index is -0.592. The van der Waals surface area contributed by atoms with Crippen LogP contribution in [-0.2, 0) is 9.63 Å². The quantitative estimate of drug-likeness (QED) is 0.397. The van der Waals surface area contributed by atoms with E-state index in [1.54, 1.807) is 0 Å². The number of hydrogen-bond acceptors (Lipinski definition) is 6. The number of anilines is 2. The molecule has 6 N–H and O–H groups in total. The summed E-state index contributed by atoms with van der Waals surface area (Å²) in [5, 5.41) is 5.93. The highest BCUT2D eigenvalue weighted by Gasteiger charge is 1.99. The Kier molecular flexibility index (Phi) is 2.43. The first-order chi connectivity index (χ1) is 5.68. The van der Waals surface area contributed by atoms with Crippen LogP contribution in [0.15, 0.2) is 0 Å². The van der Waals surface area contributed by atoms with Gasteiger partial charge in [-0.15, -0.1) is 5.10 Å².